The maximum Gasteiger partial charge on any atom is 0.323 e. The summed E-state index contributed by atoms with van der Waals surface area (Å²) >= 11 is 0. The second kappa shape index (κ2) is 6.81. The molecule has 1 heterocycles. The lowest BCUT2D eigenvalue weighted by Crippen LogP contribution is -2.44. The van der Waals surface area contributed by atoms with Gasteiger partial charge in [-0.2, -0.15) is 0 Å². The van der Waals surface area contributed by atoms with E-state index in [1.165, 1.54) is 13.2 Å². The van der Waals surface area contributed by atoms with Crippen LogP contribution in [0.2, 0.25) is 0 Å². The third-order valence-electron chi connectivity index (χ3n) is 3.81. The average Bonchev–Trinajstić information content (AvgIpc) is 2.49. The Labute approximate surface area is 118 Å². The number of nitrogens with zero attached hydrogens (tertiary/aromatic N) is 1. The number of carbonyl (C=O) groups excluding carboxylic acids is 1. The Hall–Kier alpha value is -1.46. The Morgan fingerprint density at radius 3 is 3.00 bits per heavy atom. The van der Waals surface area contributed by atoms with Gasteiger partial charge in [0.05, 0.1) is 7.11 Å². The second-order valence-electron chi connectivity index (χ2n) is 5.14. The van der Waals surface area contributed by atoms with E-state index in [1.54, 1.807) is 12.1 Å². The number of benzene rings is 1. The Morgan fingerprint density at radius 2 is 2.30 bits per heavy atom. The van der Waals surface area contributed by atoms with Gasteiger partial charge in [-0.1, -0.05) is 18.6 Å². The molecule has 1 unspecified atom stereocenters. The molecule has 1 atom stereocenters. The van der Waals surface area contributed by atoms with Crippen LogP contribution in [0.4, 0.5) is 4.39 Å². The number of esters is 1. The van der Waals surface area contributed by atoms with E-state index in [0.29, 0.717) is 18.7 Å². The minimum absolute atomic E-state index is 0.236. The molecular formula is C15H21FN2O2. The quantitative estimate of drug-likeness (QED) is 0.855. The number of methoxy groups -OCH3 is 1. The van der Waals surface area contributed by atoms with E-state index in [2.05, 4.69) is 0 Å². The van der Waals surface area contributed by atoms with E-state index in [-0.39, 0.29) is 17.8 Å². The molecular weight excluding hydrogens is 259 g/mol. The van der Waals surface area contributed by atoms with Crippen LogP contribution in [0.1, 0.15) is 30.4 Å². The molecule has 0 spiro atoms. The van der Waals surface area contributed by atoms with Crippen molar-refractivity contribution in [3.05, 3.63) is 35.1 Å². The number of nitrogens with two attached hydrogens (primary N) is 1. The van der Waals surface area contributed by atoms with Crippen molar-refractivity contribution < 1.29 is 13.9 Å². The fraction of sp³-hybridized carbons (Fsp3) is 0.533. The van der Waals surface area contributed by atoms with Gasteiger partial charge in [-0.3, -0.25) is 9.69 Å². The molecule has 0 amide bonds. The normalized spacial score (nSPS) is 19.9. The van der Waals surface area contributed by atoms with Crippen molar-refractivity contribution in [2.24, 2.45) is 5.73 Å². The van der Waals surface area contributed by atoms with E-state index >= 15 is 0 Å². The molecule has 1 aromatic rings. The predicted molar refractivity (Wildman–Crippen MR) is 74.4 cm³/mol. The lowest BCUT2D eigenvalue weighted by Gasteiger charge is -2.33. The zero-order valence-electron chi connectivity index (χ0n) is 11.8. The van der Waals surface area contributed by atoms with Gasteiger partial charge < -0.3 is 10.5 Å². The zero-order chi connectivity index (χ0) is 14.5. The molecule has 1 aliphatic rings. The first kappa shape index (κ1) is 14.9. The average molecular weight is 280 g/mol. The summed E-state index contributed by atoms with van der Waals surface area (Å²) in [4.78, 5) is 13.8. The van der Waals surface area contributed by atoms with Crippen LogP contribution in [0.15, 0.2) is 18.2 Å². The highest BCUT2D eigenvalue weighted by molar-refractivity contribution is 5.75. The fourth-order valence-corrected chi connectivity index (χ4v) is 2.68. The van der Waals surface area contributed by atoms with Crippen LogP contribution in [0.25, 0.3) is 0 Å². The number of carbonyl (C=O) groups is 1. The lowest BCUT2D eigenvalue weighted by molar-refractivity contribution is -0.148. The van der Waals surface area contributed by atoms with E-state index in [0.717, 1.165) is 31.4 Å². The standard InChI is InChI=1S/C15H21FN2O2/c1-20-15(19)14-4-2-3-7-18(14)10-12-8-11(9-17)5-6-13(12)16/h5-6,8,14H,2-4,7,9-10,17H2,1H3. The van der Waals surface area contributed by atoms with Crippen LogP contribution in [-0.4, -0.2) is 30.6 Å². The Balaban J connectivity index is 2.16. The summed E-state index contributed by atoms with van der Waals surface area (Å²) in [5, 5.41) is 0. The van der Waals surface area contributed by atoms with Gasteiger partial charge in [-0.15, -0.1) is 0 Å². The topological polar surface area (TPSA) is 55.6 Å². The third kappa shape index (κ3) is 3.35. The van der Waals surface area contributed by atoms with Crippen molar-refractivity contribution in [1.82, 2.24) is 4.90 Å². The molecule has 4 nitrogen and oxygen atoms in total. The smallest absolute Gasteiger partial charge is 0.323 e. The minimum Gasteiger partial charge on any atom is -0.468 e. The molecule has 2 N–H and O–H groups in total. The molecule has 5 heteroatoms. The van der Waals surface area contributed by atoms with Crippen LogP contribution in [0.3, 0.4) is 0 Å². The number of hydrogen-bond acceptors (Lipinski definition) is 4. The molecule has 0 aliphatic carbocycles. The molecule has 110 valence electrons. The van der Waals surface area contributed by atoms with E-state index in [1.807, 2.05) is 4.90 Å². The van der Waals surface area contributed by atoms with Crippen LogP contribution < -0.4 is 5.73 Å². The Morgan fingerprint density at radius 1 is 1.50 bits per heavy atom. The van der Waals surface area contributed by atoms with Crippen molar-refractivity contribution in [3.63, 3.8) is 0 Å². The summed E-state index contributed by atoms with van der Waals surface area (Å²) < 4.78 is 18.7. The predicted octanol–water partition coefficient (Wildman–Crippen LogP) is 1.81. The maximum atomic E-state index is 13.9. The first-order chi connectivity index (χ1) is 9.65. The van der Waals surface area contributed by atoms with Crippen molar-refractivity contribution in [3.8, 4) is 0 Å². The van der Waals surface area contributed by atoms with Gasteiger partial charge in [-0.25, -0.2) is 4.39 Å². The lowest BCUT2D eigenvalue weighted by atomic mass is 10.0. The van der Waals surface area contributed by atoms with Gasteiger partial charge in [-0.05, 0) is 31.0 Å². The Bertz CT molecular complexity index is 479. The highest BCUT2D eigenvalue weighted by Gasteiger charge is 2.29. The van der Waals surface area contributed by atoms with Gasteiger partial charge >= 0.3 is 5.97 Å². The van der Waals surface area contributed by atoms with Crippen molar-refractivity contribution >= 4 is 5.97 Å². The molecule has 1 fully saturated rings. The molecule has 0 saturated carbocycles. The van der Waals surface area contributed by atoms with Gasteiger partial charge in [0.15, 0.2) is 0 Å². The minimum atomic E-state index is -0.269. The van der Waals surface area contributed by atoms with Crippen LogP contribution >= 0.6 is 0 Å². The number of rotatable bonds is 4. The van der Waals surface area contributed by atoms with Gasteiger partial charge in [0, 0.05) is 18.7 Å². The highest BCUT2D eigenvalue weighted by Crippen LogP contribution is 2.22. The molecule has 0 aromatic heterocycles. The molecule has 1 saturated heterocycles. The highest BCUT2D eigenvalue weighted by atomic mass is 19.1. The third-order valence-corrected chi connectivity index (χ3v) is 3.81. The summed E-state index contributed by atoms with van der Waals surface area (Å²) in [5.41, 5.74) is 7.07. The first-order valence-electron chi connectivity index (χ1n) is 6.95. The van der Waals surface area contributed by atoms with E-state index in [9.17, 15) is 9.18 Å². The van der Waals surface area contributed by atoms with Crippen LogP contribution in [0.5, 0.6) is 0 Å². The molecule has 20 heavy (non-hydrogen) atoms. The summed E-state index contributed by atoms with van der Waals surface area (Å²) in [6.07, 6.45) is 2.79. The van der Waals surface area contributed by atoms with Crippen molar-refractivity contribution in [1.29, 1.82) is 0 Å². The van der Waals surface area contributed by atoms with Gasteiger partial charge in [0.25, 0.3) is 0 Å². The van der Waals surface area contributed by atoms with E-state index < -0.39 is 0 Å². The van der Waals surface area contributed by atoms with Crippen LogP contribution in [-0.2, 0) is 22.6 Å². The number of ether oxygens (including phenoxy) is 1. The molecule has 1 aromatic carbocycles. The molecule has 1 aliphatic heterocycles. The van der Waals surface area contributed by atoms with Crippen LogP contribution in [0, 0.1) is 5.82 Å². The monoisotopic (exact) mass is 280 g/mol. The number of halogens is 1. The number of piperidine rings is 1. The summed E-state index contributed by atoms with van der Waals surface area (Å²) in [6.45, 7) is 1.58. The molecule has 0 radical (unpaired) electrons. The molecule has 2 rings (SSSR count). The first-order valence-corrected chi connectivity index (χ1v) is 6.95. The largest absolute Gasteiger partial charge is 0.468 e. The number of hydrogen-bond donors (Lipinski definition) is 1. The van der Waals surface area contributed by atoms with Gasteiger partial charge in [0.2, 0.25) is 0 Å². The maximum absolute atomic E-state index is 13.9. The Kier molecular flexibility index (Phi) is 5.09. The van der Waals surface area contributed by atoms with Crippen molar-refractivity contribution in [2.75, 3.05) is 13.7 Å². The molecule has 0 bridgehead atoms. The number of likely N-dealkylation sites (tertiary alicyclic amines) is 1. The zero-order valence-corrected chi connectivity index (χ0v) is 11.8. The summed E-state index contributed by atoms with van der Waals surface area (Å²) in [7, 11) is 1.39. The fourth-order valence-electron chi connectivity index (χ4n) is 2.68. The van der Waals surface area contributed by atoms with Gasteiger partial charge in [0.1, 0.15) is 11.9 Å². The summed E-state index contributed by atoms with van der Waals surface area (Å²) in [6, 6.07) is 4.63. The van der Waals surface area contributed by atoms with Crippen molar-refractivity contribution in [2.45, 2.75) is 38.4 Å². The van der Waals surface area contributed by atoms with E-state index in [4.69, 9.17) is 10.5 Å². The summed E-state index contributed by atoms with van der Waals surface area (Å²) in [5.74, 6) is -0.489. The SMILES string of the molecule is COC(=O)C1CCCCN1Cc1cc(CN)ccc1F. The second-order valence-corrected chi connectivity index (χ2v) is 5.14.